The summed E-state index contributed by atoms with van der Waals surface area (Å²) in [7, 11) is -3.65. The zero-order chi connectivity index (χ0) is 23.1. The molecule has 3 rings (SSSR count). The molecule has 174 valence electrons. The fourth-order valence-electron chi connectivity index (χ4n) is 3.37. The van der Waals surface area contributed by atoms with Crippen LogP contribution in [0.5, 0.6) is 5.75 Å². The molecule has 2 aromatic rings. The number of rotatable bonds is 9. The summed E-state index contributed by atoms with van der Waals surface area (Å²) in [6.45, 7) is 4.04. The van der Waals surface area contributed by atoms with Crippen molar-refractivity contribution in [2.45, 2.75) is 24.7 Å². The molecule has 0 radical (unpaired) electrons. The number of amides is 1. The Bertz CT molecular complexity index is 1040. The third-order valence-corrected chi connectivity index (χ3v) is 6.97. The molecule has 1 aliphatic heterocycles. The molecule has 1 N–H and O–H groups in total. The molecule has 32 heavy (non-hydrogen) atoms. The second-order valence-electron chi connectivity index (χ2n) is 7.45. The topological polar surface area (TPSA) is 78.9 Å². The Balaban J connectivity index is 1.52. The number of carbonyl (C=O) groups excluding carboxylic acids is 1. The number of hydrogen-bond donors (Lipinski definition) is 1. The molecular formula is C22H27ClFN3O4S. The number of unbranched alkanes of at least 4 members (excludes halogenated alkanes) is 1. The summed E-state index contributed by atoms with van der Waals surface area (Å²) in [5, 5.41) is 0.112. The van der Waals surface area contributed by atoms with Crippen molar-refractivity contribution in [2.75, 3.05) is 44.2 Å². The number of carbonyl (C=O) groups is 1. The van der Waals surface area contributed by atoms with Crippen molar-refractivity contribution in [2.24, 2.45) is 0 Å². The average Bonchev–Trinajstić information content (AvgIpc) is 2.78. The zero-order valence-corrected chi connectivity index (χ0v) is 19.5. The predicted molar refractivity (Wildman–Crippen MR) is 122 cm³/mol. The molecule has 0 atom stereocenters. The maximum absolute atomic E-state index is 14.0. The van der Waals surface area contributed by atoms with Crippen molar-refractivity contribution >= 4 is 33.2 Å². The lowest BCUT2D eigenvalue weighted by Crippen LogP contribution is -2.50. The Kier molecular flexibility index (Phi) is 8.33. The van der Waals surface area contributed by atoms with Crippen LogP contribution in [0.25, 0.3) is 0 Å². The molecule has 1 amide bonds. The Morgan fingerprint density at radius 1 is 1.16 bits per heavy atom. The van der Waals surface area contributed by atoms with Gasteiger partial charge in [0.15, 0.2) is 6.61 Å². The zero-order valence-electron chi connectivity index (χ0n) is 17.9. The van der Waals surface area contributed by atoms with Gasteiger partial charge in [-0.05, 0) is 36.8 Å². The van der Waals surface area contributed by atoms with Gasteiger partial charge < -0.3 is 14.5 Å². The van der Waals surface area contributed by atoms with Gasteiger partial charge in [0.2, 0.25) is 10.0 Å². The number of anilines is 1. The first-order chi connectivity index (χ1) is 15.3. The molecule has 1 saturated heterocycles. The summed E-state index contributed by atoms with van der Waals surface area (Å²) < 4.78 is 46.6. The smallest absolute Gasteiger partial charge is 0.260 e. The summed E-state index contributed by atoms with van der Waals surface area (Å²) >= 11 is 6.18. The molecule has 1 fully saturated rings. The van der Waals surface area contributed by atoms with Crippen LogP contribution in [0.2, 0.25) is 5.02 Å². The van der Waals surface area contributed by atoms with Crippen LogP contribution in [0, 0.1) is 5.82 Å². The minimum atomic E-state index is -3.65. The van der Waals surface area contributed by atoms with Gasteiger partial charge in [0.05, 0.1) is 15.6 Å². The van der Waals surface area contributed by atoms with Crippen LogP contribution in [0.4, 0.5) is 10.1 Å². The van der Waals surface area contributed by atoms with Gasteiger partial charge in [0.1, 0.15) is 11.6 Å². The van der Waals surface area contributed by atoms with E-state index in [4.69, 9.17) is 16.3 Å². The summed E-state index contributed by atoms with van der Waals surface area (Å²) in [5.41, 5.74) is 0.529. The van der Waals surface area contributed by atoms with E-state index in [1.807, 2.05) is 11.8 Å². The molecular weight excluding hydrogens is 457 g/mol. The van der Waals surface area contributed by atoms with E-state index in [1.54, 1.807) is 23.1 Å². The van der Waals surface area contributed by atoms with E-state index in [2.05, 4.69) is 4.72 Å². The fraction of sp³-hybridized carbons (Fsp3) is 0.409. The quantitative estimate of drug-likeness (QED) is 0.554. The highest BCUT2D eigenvalue weighted by Crippen LogP contribution is 2.27. The van der Waals surface area contributed by atoms with E-state index in [0.717, 1.165) is 12.8 Å². The van der Waals surface area contributed by atoms with Crippen molar-refractivity contribution in [1.29, 1.82) is 0 Å². The van der Waals surface area contributed by atoms with Crippen molar-refractivity contribution in [3.63, 3.8) is 0 Å². The number of nitrogens with one attached hydrogen (secondary N) is 1. The SMILES string of the molecule is CCCCNS(=O)(=O)c1ccc(OCC(=O)N2CCN(c3ccccc3F)CC2)c(Cl)c1. The second-order valence-corrected chi connectivity index (χ2v) is 9.63. The first kappa shape index (κ1) is 24.3. The number of para-hydroxylation sites is 1. The molecule has 10 heteroatoms. The number of sulfonamides is 1. The highest BCUT2D eigenvalue weighted by atomic mass is 35.5. The Morgan fingerprint density at radius 2 is 1.88 bits per heavy atom. The maximum atomic E-state index is 14.0. The average molecular weight is 484 g/mol. The van der Waals surface area contributed by atoms with Gasteiger partial charge in [0, 0.05) is 32.7 Å². The normalized spacial score (nSPS) is 14.5. The molecule has 0 spiro atoms. The van der Waals surface area contributed by atoms with Gasteiger partial charge in [-0.2, -0.15) is 0 Å². The summed E-state index contributed by atoms with van der Waals surface area (Å²) in [5.74, 6) is -0.263. The molecule has 0 aromatic heterocycles. The summed E-state index contributed by atoms with van der Waals surface area (Å²) in [6, 6.07) is 10.7. The monoisotopic (exact) mass is 483 g/mol. The molecule has 0 saturated carbocycles. The van der Waals surface area contributed by atoms with E-state index in [1.165, 1.54) is 24.3 Å². The van der Waals surface area contributed by atoms with E-state index < -0.39 is 10.0 Å². The highest BCUT2D eigenvalue weighted by Gasteiger charge is 2.23. The highest BCUT2D eigenvalue weighted by molar-refractivity contribution is 7.89. The predicted octanol–water partition coefficient (Wildman–Crippen LogP) is 3.29. The lowest BCUT2D eigenvalue weighted by atomic mass is 10.2. The van der Waals surface area contributed by atoms with Crippen LogP contribution in [0.15, 0.2) is 47.4 Å². The molecule has 1 aliphatic rings. The van der Waals surface area contributed by atoms with Gasteiger partial charge in [-0.1, -0.05) is 37.1 Å². The standard InChI is InChI=1S/C22H27ClFN3O4S/c1-2-3-10-25-32(29,30)17-8-9-21(18(23)15-17)31-16-22(28)27-13-11-26(12-14-27)20-7-5-4-6-19(20)24/h4-9,15,25H,2-3,10-14,16H2,1H3. The van der Waals surface area contributed by atoms with Crippen molar-refractivity contribution in [3.8, 4) is 5.75 Å². The number of halogens is 2. The number of hydrogen-bond acceptors (Lipinski definition) is 5. The Hall–Kier alpha value is -2.36. The largest absolute Gasteiger partial charge is 0.482 e. The van der Waals surface area contributed by atoms with Crippen molar-refractivity contribution in [3.05, 3.63) is 53.3 Å². The second kappa shape index (κ2) is 11.0. The van der Waals surface area contributed by atoms with Crippen molar-refractivity contribution in [1.82, 2.24) is 9.62 Å². The molecule has 0 unspecified atom stereocenters. The number of nitrogens with zero attached hydrogens (tertiary/aromatic N) is 2. The number of benzene rings is 2. The Labute approximate surface area is 193 Å². The molecule has 1 heterocycles. The van der Waals surface area contributed by atoms with Crippen LogP contribution in [0.1, 0.15) is 19.8 Å². The lowest BCUT2D eigenvalue weighted by molar-refractivity contribution is -0.133. The summed E-state index contributed by atoms with van der Waals surface area (Å²) in [6.07, 6.45) is 1.62. The van der Waals surface area contributed by atoms with Gasteiger partial charge in [-0.25, -0.2) is 17.5 Å². The van der Waals surface area contributed by atoms with E-state index in [-0.39, 0.29) is 34.0 Å². The first-order valence-corrected chi connectivity index (χ1v) is 12.4. The van der Waals surface area contributed by atoms with Crippen LogP contribution >= 0.6 is 11.6 Å². The van der Waals surface area contributed by atoms with E-state index in [9.17, 15) is 17.6 Å². The molecule has 0 bridgehead atoms. The minimum Gasteiger partial charge on any atom is -0.482 e. The Morgan fingerprint density at radius 3 is 2.53 bits per heavy atom. The molecule has 7 nitrogen and oxygen atoms in total. The third kappa shape index (κ3) is 6.11. The van der Waals surface area contributed by atoms with E-state index >= 15 is 0 Å². The van der Waals surface area contributed by atoms with Gasteiger partial charge in [0.25, 0.3) is 5.91 Å². The van der Waals surface area contributed by atoms with Gasteiger partial charge in [-0.15, -0.1) is 0 Å². The van der Waals surface area contributed by atoms with Crippen molar-refractivity contribution < 1.29 is 22.3 Å². The van der Waals surface area contributed by atoms with E-state index in [0.29, 0.717) is 38.4 Å². The maximum Gasteiger partial charge on any atom is 0.260 e. The first-order valence-electron chi connectivity index (χ1n) is 10.5. The van der Waals surface area contributed by atoms with Crippen LogP contribution in [-0.4, -0.2) is 58.6 Å². The lowest BCUT2D eigenvalue weighted by Gasteiger charge is -2.36. The molecule has 2 aromatic carbocycles. The van der Waals surface area contributed by atoms with Crippen LogP contribution < -0.4 is 14.4 Å². The third-order valence-electron chi connectivity index (χ3n) is 5.21. The number of ether oxygens (including phenoxy) is 1. The summed E-state index contributed by atoms with van der Waals surface area (Å²) in [4.78, 5) is 16.1. The fourth-order valence-corrected chi connectivity index (χ4v) is 4.77. The van der Waals surface area contributed by atoms with Gasteiger partial charge >= 0.3 is 0 Å². The van der Waals surface area contributed by atoms with Crippen LogP contribution in [-0.2, 0) is 14.8 Å². The number of piperazine rings is 1. The van der Waals surface area contributed by atoms with Crippen LogP contribution in [0.3, 0.4) is 0 Å². The molecule has 0 aliphatic carbocycles. The van der Waals surface area contributed by atoms with Gasteiger partial charge in [-0.3, -0.25) is 4.79 Å². The minimum absolute atomic E-state index is 0.0431.